The van der Waals surface area contributed by atoms with E-state index in [1.807, 2.05) is 37.3 Å². The lowest BCUT2D eigenvalue weighted by atomic mass is 9.76. The number of nitriles is 1. The topological polar surface area (TPSA) is 73.1 Å². The van der Waals surface area contributed by atoms with Crippen LogP contribution in [0.2, 0.25) is 5.02 Å². The van der Waals surface area contributed by atoms with Gasteiger partial charge in [-0.15, -0.1) is 0 Å². The second kappa shape index (κ2) is 9.14. The van der Waals surface area contributed by atoms with Gasteiger partial charge in [-0.25, -0.2) is 0 Å². The first kappa shape index (κ1) is 20.9. The van der Waals surface area contributed by atoms with Crippen molar-refractivity contribution in [1.82, 2.24) is 0 Å². The van der Waals surface area contributed by atoms with Gasteiger partial charge in [0, 0.05) is 17.2 Å². The zero-order chi connectivity index (χ0) is 20.9. The molecule has 3 rings (SSSR count). The summed E-state index contributed by atoms with van der Waals surface area (Å²) in [5, 5.41) is 23.4. The lowest BCUT2D eigenvalue weighted by molar-refractivity contribution is -0.134. The zero-order valence-electron chi connectivity index (χ0n) is 16.3. The molecule has 1 aliphatic carbocycles. The lowest BCUT2D eigenvalue weighted by Crippen LogP contribution is -2.48. The van der Waals surface area contributed by atoms with Crippen molar-refractivity contribution in [3.63, 3.8) is 0 Å². The van der Waals surface area contributed by atoms with Crippen molar-refractivity contribution in [2.45, 2.75) is 44.6 Å². The van der Waals surface area contributed by atoms with Crippen molar-refractivity contribution in [3.8, 4) is 17.9 Å². The van der Waals surface area contributed by atoms with Crippen molar-refractivity contribution < 1.29 is 9.90 Å². The molecule has 2 aromatic rings. The van der Waals surface area contributed by atoms with Crippen LogP contribution in [0.1, 0.15) is 48.8 Å². The molecule has 0 saturated heterocycles. The molecule has 2 aromatic carbocycles. The molecule has 1 atom stereocenters. The summed E-state index contributed by atoms with van der Waals surface area (Å²) in [6, 6.07) is 14.3. The van der Waals surface area contributed by atoms with Gasteiger partial charge in [-0.2, -0.15) is 5.26 Å². The fourth-order valence-corrected chi connectivity index (χ4v) is 3.89. The zero-order valence-corrected chi connectivity index (χ0v) is 17.1. The Kier molecular flexibility index (Phi) is 6.60. The summed E-state index contributed by atoms with van der Waals surface area (Å²) in [4.78, 5) is 13.1. The largest absolute Gasteiger partial charge is 0.369 e. The Labute approximate surface area is 176 Å². The third kappa shape index (κ3) is 4.98. The van der Waals surface area contributed by atoms with Gasteiger partial charge in [0.25, 0.3) is 5.91 Å². The van der Waals surface area contributed by atoms with Crippen LogP contribution in [0.5, 0.6) is 0 Å². The van der Waals surface area contributed by atoms with Crippen LogP contribution < -0.4 is 5.32 Å². The number of halogens is 1. The summed E-state index contributed by atoms with van der Waals surface area (Å²) in [7, 11) is 0. The van der Waals surface area contributed by atoms with Crippen LogP contribution in [0.3, 0.4) is 0 Å². The number of anilines is 1. The van der Waals surface area contributed by atoms with Crippen molar-refractivity contribution in [1.29, 1.82) is 5.26 Å². The first-order chi connectivity index (χ1) is 13.9. The molecule has 5 heteroatoms. The number of carbonyl (C=O) groups is 1. The van der Waals surface area contributed by atoms with Crippen molar-refractivity contribution in [3.05, 3.63) is 64.2 Å². The average molecular weight is 407 g/mol. The second-order valence-electron chi connectivity index (χ2n) is 7.48. The summed E-state index contributed by atoms with van der Waals surface area (Å²) < 4.78 is 0. The summed E-state index contributed by atoms with van der Waals surface area (Å²) in [6.07, 6.45) is 4.54. The van der Waals surface area contributed by atoms with E-state index in [1.165, 1.54) is 12.1 Å². The lowest BCUT2D eigenvalue weighted by Gasteiger charge is -2.33. The summed E-state index contributed by atoms with van der Waals surface area (Å²) in [5.74, 6) is 5.07. The first-order valence-corrected chi connectivity index (χ1v) is 10.1. The number of nitrogens with zero attached hydrogens (tertiary/aromatic N) is 1. The minimum absolute atomic E-state index is 0.234. The van der Waals surface area contributed by atoms with E-state index in [-0.39, 0.29) is 10.9 Å². The highest BCUT2D eigenvalue weighted by Crippen LogP contribution is 2.34. The molecule has 1 unspecified atom stereocenters. The number of aliphatic hydroxyl groups is 1. The van der Waals surface area contributed by atoms with Crippen molar-refractivity contribution in [2.75, 3.05) is 5.32 Å². The molecule has 2 N–H and O–H groups in total. The molecule has 1 aliphatic rings. The molecule has 29 heavy (non-hydrogen) atoms. The number of nitrogens with one attached hydrogen (secondary N) is 1. The minimum Gasteiger partial charge on any atom is -0.369 e. The fourth-order valence-electron chi connectivity index (χ4n) is 3.66. The van der Waals surface area contributed by atoms with Crippen LogP contribution in [-0.2, 0) is 4.79 Å². The highest BCUT2D eigenvalue weighted by atomic mass is 35.5. The molecule has 0 radical (unpaired) electrons. The molecule has 0 bridgehead atoms. The van der Waals surface area contributed by atoms with E-state index in [1.54, 1.807) is 6.07 Å². The number of rotatable bonds is 3. The van der Waals surface area contributed by atoms with Gasteiger partial charge in [-0.3, -0.25) is 4.79 Å². The van der Waals surface area contributed by atoms with Gasteiger partial charge >= 0.3 is 0 Å². The Morgan fingerprint density at radius 2 is 1.97 bits per heavy atom. The van der Waals surface area contributed by atoms with Crippen LogP contribution in [0, 0.1) is 36.0 Å². The van der Waals surface area contributed by atoms with E-state index >= 15 is 0 Å². The van der Waals surface area contributed by atoms with Crippen LogP contribution in [0.15, 0.2) is 42.5 Å². The molecule has 1 amide bonds. The van der Waals surface area contributed by atoms with E-state index in [9.17, 15) is 9.90 Å². The molecule has 0 spiro atoms. The van der Waals surface area contributed by atoms with Gasteiger partial charge in [-0.05, 0) is 55.7 Å². The molecule has 4 nitrogen and oxygen atoms in total. The van der Waals surface area contributed by atoms with E-state index in [0.717, 1.165) is 43.2 Å². The van der Waals surface area contributed by atoms with E-state index < -0.39 is 11.5 Å². The Hall–Kier alpha value is -2.79. The average Bonchev–Trinajstić information content (AvgIpc) is 2.73. The van der Waals surface area contributed by atoms with Crippen molar-refractivity contribution >= 4 is 23.2 Å². The maximum Gasteiger partial charge on any atom is 0.269 e. The monoisotopic (exact) mass is 406 g/mol. The highest BCUT2D eigenvalue weighted by molar-refractivity contribution is 6.32. The molecule has 1 fully saturated rings. The van der Waals surface area contributed by atoms with Gasteiger partial charge < -0.3 is 10.4 Å². The summed E-state index contributed by atoms with van der Waals surface area (Å²) in [6.45, 7) is 1.97. The highest BCUT2D eigenvalue weighted by Gasteiger charge is 2.43. The maximum atomic E-state index is 13.1. The molecule has 1 saturated carbocycles. The SMILES string of the molecule is Cc1cccc(C#CC(O)(C(=O)Nc2ccc(C#N)c(Cl)c2)C2CCCCC2)c1. The number of aryl methyl sites for hydroxylation is 1. The Morgan fingerprint density at radius 3 is 2.62 bits per heavy atom. The van der Waals surface area contributed by atoms with Crippen LogP contribution >= 0.6 is 11.6 Å². The first-order valence-electron chi connectivity index (χ1n) is 9.75. The van der Waals surface area contributed by atoms with Gasteiger partial charge in [-0.1, -0.05) is 54.8 Å². The summed E-state index contributed by atoms with van der Waals surface area (Å²) >= 11 is 6.07. The Balaban J connectivity index is 1.91. The number of amides is 1. The van der Waals surface area contributed by atoms with Gasteiger partial charge in [0.05, 0.1) is 10.6 Å². The quantitative estimate of drug-likeness (QED) is 0.717. The normalized spacial score (nSPS) is 16.1. The molecule has 0 heterocycles. The predicted molar refractivity (Wildman–Crippen MR) is 114 cm³/mol. The third-order valence-electron chi connectivity index (χ3n) is 5.31. The van der Waals surface area contributed by atoms with E-state index in [4.69, 9.17) is 16.9 Å². The third-order valence-corrected chi connectivity index (χ3v) is 5.62. The predicted octanol–water partition coefficient (Wildman–Crippen LogP) is 4.82. The molecular formula is C24H23ClN2O2. The Morgan fingerprint density at radius 1 is 1.21 bits per heavy atom. The van der Waals surface area contributed by atoms with Crippen LogP contribution in [-0.4, -0.2) is 16.6 Å². The number of carbonyl (C=O) groups excluding carboxylic acids is 1. The fraction of sp³-hybridized carbons (Fsp3) is 0.333. The van der Waals surface area contributed by atoms with E-state index in [2.05, 4.69) is 17.2 Å². The maximum absolute atomic E-state index is 13.1. The molecule has 0 aliphatic heterocycles. The van der Waals surface area contributed by atoms with Crippen LogP contribution in [0.25, 0.3) is 0 Å². The van der Waals surface area contributed by atoms with Crippen LogP contribution in [0.4, 0.5) is 5.69 Å². The Bertz CT molecular complexity index is 1010. The molecule has 0 aromatic heterocycles. The second-order valence-corrected chi connectivity index (χ2v) is 7.89. The van der Waals surface area contributed by atoms with Crippen molar-refractivity contribution in [2.24, 2.45) is 5.92 Å². The van der Waals surface area contributed by atoms with Gasteiger partial charge in [0.1, 0.15) is 6.07 Å². The standard InChI is InChI=1S/C24H23ClN2O2/c1-17-6-5-7-18(14-17)12-13-24(29,20-8-3-2-4-9-20)23(28)27-21-11-10-19(16-26)22(25)15-21/h5-7,10-11,14-15,20,29H,2-4,8-9H2,1H3,(H,27,28). The smallest absolute Gasteiger partial charge is 0.269 e. The van der Waals surface area contributed by atoms with Gasteiger partial charge in [0.2, 0.25) is 5.60 Å². The number of hydrogen-bond acceptors (Lipinski definition) is 3. The minimum atomic E-state index is -1.80. The van der Waals surface area contributed by atoms with Gasteiger partial charge in [0.15, 0.2) is 0 Å². The molecular weight excluding hydrogens is 384 g/mol. The number of hydrogen-bond donors (Lipinski definition) is 2. The van der Waals surface area contributed by atoms with E-state index in [0.29, 0.717) is 11.3 Å². The number of benzene rings is 2. The summed E-state index contributed by atoms with van der Waals surface area (Å²) in [5.41, 5.74) is 0.769. The molecule has 148 valence electrons.